The number of hydrogen-bond acceptors (Lipinski definition) is 5. The molecule has 1 aromatic carbocycles. The second-order valence-corrected chi connectivity index (χ2v) is 7.53. The van der Waals surface area contributed by atoms with Crippen molar-refractivity contribution in [2.75, 3.05) is 26.7 Å². The third-order valence-electron chi connectivity index (χ3n) is 3.29. The predicted molar refractivity (Wildman–Crippen MR) is 97.1 cm³/mol. The predicted octanol–water partition coefficient (Wildman–Crippen LogP) is 1.08. The molecule has 3 N–H and O–H groups in total. The Labute approximate surface area is 148 Å². The van der Waals surface area contributed by atoms with Crippen LogP contribution in [0, 0.1) is 16.0 Å². The van der Waals surface area contributed by atoms with E-state index in [1.807, 2.05) is 0 Å². The monoisotopic (exact) mass is 371 g/mol. The fourth-order valence-electron chi connectivity index (χ4n) is 1.91. The number of nitrogens with zero attached hydrogens (tertiary/aromatic N) is 2. The molecule has 1 rings (SSSR count). The molecule has 0 aliphatic heterocycles. The lowest BCUT2D eigenvalue weighted by Gasteiger charge is -2.13. The van der Waals surface area contributed by atoms with Crippen LogP contribution in [0.5, 0.6) is 0 Å². The molecule has 0 aliphatic carbocycles. The molecule has 25 heavy (non-hydrogen) atoms. The zero-order valence-electron chi connectivity index (χ0n) is 14.7. The summed E-state index contributed by atoms with van der Waals surface area (Å²) in [5.41, 5.74) is -0.268. The number of guanidine groups is 1. The van der Waals surface area contributed by atoms with Crippen LogP contribution in [-0.4, -0.2) is 46.0 Å². The van der Waals surface area contributed by atoms with Crippen LogP contribution in [0.1, 0.15) is 20.3 Å². The molecular formula is C15H25N5O4S. The number of rotatable bonds is 9. The lowest BCUT2D eigenvalue weighted by molar-refractivity contribution is -0.385. The highest BCUT2D eigenvalue weighted by Gasteiger charge is 2.16. The second kappa shape index (κ2) is 9.94. The smallest absolute Gasteiger partial charge is 0.270 e. The van der Waals surface area contributed by atoms with Gasteiger partial charge in [0.15, 0.2) is 5.96 Å². The zero-order chi connectivity index (χ0) is 18.9. The van der Waals surface area contributed by atoms with Gasteiger partial charge in [-0.15, -0.1) is 0 Å². The van der Waals surface area contributed by atoms with E-state index in [4.69, 9.17) is 0 Å². The number of benzene rings is 1. The topological polar surface area (TPSA) is 126 Å². The molecule has 0 aromatic heterocycles. The van der Waals surface area contributed by atoms with Crippen LogP contribution in [0.15, 0.2) is 34.2 Å². The van der Waals surface area contributed by atoms with Crippen molar-refractivity contribution in [2.24, 2.45) is 10.9 Å². The maximum atomic E-state index is 12.2. The van der Waals surface area contributed by atoms with Crippen molar-refractivity contribution in [3.8, 4) is 0 Å². The van der Waals surface area contributed by atoms with Gasteiger partial charge in [0.1, 0.15) is 0 Å². The maximum absolute atomic E-state index is 12.2. The fourth-order valence-corrected chi connectivity index (χ4v) is 2.98. The molecule has 0 radical (unpaired) electrons. The van der Waals surface area contributed by atoms with E-state index in [1.165, 1.54) is 18.2 Å². The molecule has 0 fully saturated rings. The van der Waals surface area contributed by atoms with E-state index in [2.05, 4.69) is 34.2 Å². The average Bonchev–Trinajstić information content (AvgIpc) is 2.56. The Kier molecular flexibility index (Phi) is 8.29. The van der Waals surface area contributed by atoms with Gasteiger partial charge in [-0.2, -0.15) is 0 Å². The van der Waals surface area contributed by atoms with Gasteiger partial charge in [-0.1, -0.05) is 19.9 Å². The van der Waals surface area contributed by atoms with Gasteiger partial charge in [-0.3, -0.25) is 15.1 Å². The summed E-state index contributed by atoms with van der Waals surface area (Å²) in [7, 11) is -2.17. The van der Waals surface area contributed by atoms with Crippen LogP contribution >= 0.6 is 0 Å². The van der Waals surface area contributed by atoms with Crippen LogP contribution in [0.3, 0.4) is 0 Å². The molecule has 0 heterocycles. The number of aliphatic imine (C=N–C) groups is 1. The number of nitro benzene ring substituents is 1. The number of non-ortho nitro benzene ring substituents is 1. The van der Waals surface area contributed by atoms with Crippen molar-refractivity contribution in [3.63, 3.8) is 0 Å². The number of nitro groups is 1. The summed E-state index contributed by atoms with van der Waals surface area (Å²) in [4.78, 5) is 14.0. The van der Waals surface area contributed by atoms with E-state index in [0.29, 0.717) is 18.4 Å². The van der Waals surface area contributed by atoms with Gasteiger partial charge in [0.25, 0.3) is 5.69 Å². The molecule has 0 atom stereocenters. The van der Waals surface area contributed by atoms with Crippen LogP contribution in [-0.2, 0) is 10.0 Å². The molecule has 0 saturated heterocycles. The molecule has 140 valence electrons. The van der Waals surface area contributed by atoms with Crippen molar-refractivity contribution in [1.29, 1.82) is 0 Å². The molecule has 0 spiro atoms. The Bertz CT molecular complexity index is 704. The van der Waals surface area contributed by atoms with Crippen LogP contribution in [0.2, 0.25) is 0 Å². The molecule has 0 saturated carbocycles. The lowest BCUT2D eigenvalue weighted by Crippen LogP contribution is -2.42. The number of sulfonamides is 1. The summed E-state index contributed by atoms with van der Waals surface area (Å²) in [6.07, 6.45) is 1.00. The highest BCUT2D eigenvalue weighted by molar-refractivity contribution is 7.89. The first kappa shape index (κ1) is 20.8. The molecule has 1 aromatic rings. The fraction of sp³-hybridized carbons (Fsp3) is 0.533. The largest absolute Gasteiger partial charge is 0.356 e. The summed E-state index contributed by atoms with van der Waals surface area (Å²) in [6, 6.07) is 4.93. The van der Waals surface area contributed by atoms with Crippen molar-refractivity contribution < 1.29 is 13.3 Å². The lowest BCUT2D eigenvalue weighted by atomic mass is 10.1. The van der Waals surface area contributed by atoms with Crippen molar-refractivity contribution >= 4 is 21.7 Å². The minimum atomic E-state index is -3.80. The van der Waals surface area contributed by atoms with Gasteiger partial charge in [-0.25, -0.2) is 13.1 Å². The molecule has 10 heteroatoms. The highest BCUT2D eigenvalue weighted by Crippen LogP contribution is 2.16. The van der Waals surface area contributed by atoms with Gasteiger partial charge in [0.2, 0.25) is 10.0 Å². The molecule has 0 aliphatic rings. The maximum Gasteiger partial charge on any atom is 0.270 e. The normalized spacial score (nSPS) is 12.2. The molecule has 0 bridgehead atoms. The van der Waals surface area contributed by atoms with E-state index in [0.717, 1.165) is 19.0 Å². The average molecular weight is 371 g/mol. The van der Waals surface area contributed by atoms with E-state index in [1.54, 1.807) is 7.05 Å². The van der Waals surface area contributed by atoms with Gasteiger partial charge >= 0.3 is 0 Å². The summed E-state index contributed by atoms with van der Waals surface area (Å²) < 4.78 is 26.7. The third kappa shape index (κ3) is 7.48. The summed E-state index contributed by atoms with van der Waals surface area (Å²) in [5, 5.41) is 16.9. The number of nitrogens with one attached hydrogen (secondary N) is 3. The SMILES string of the molecule is CN=C(NCCNS(=O)(=O)c1cccc([N+](=O)[O-])c1)NCCC(C)C. The minimum absolute atomic E-state index is 0.121. The van der Waals surface area contributed by atoms with Crippen molar-refractivity contribution in [2.45, 2.75) is 25.2 Å². The van der Waals surface area contributed by atoms with Gasteiger partial charge < -0.3 is 10.6 Å². The highest BCUT2D eigenvalue weighted by atomic mass is 32.2. The van der Waals surface area contributed by atoms with E-state index < -0.39 is 14.9 Å². The molecule has 0 amide bonds. The van der Waals surface area contributed by atoms with Gasteiger partial charge in [0, 0.05) is 38.8 Å². The van der Waals surface area contributed by atoms with Gasteiger partial charge in [-0.05, 0) is 18.4 Å². The first-order valence-electron chi connectivity index (χ1n) is 7.95. The summed E-state index contributed by atoms with van der Waals surface area (Å²) >= 11 is 0. The minimum Gasteiger partial charge on any atom is -0.356 e. The third-order valence-corrected chi connectivity index (χ3v) is 4.74. The Morgan fingerprint density at radius 3 is 2.52 bits per heavy atom. The number of hydrogen-bond donors (Lipinski definition) is 3. The Morgan fingerprint density at radius 2 is 1.92 bits per heavy atom. The van der Waals surface area contributed by atoms with E-state index in [-0.39, 0.29) is 17.1 Å². The van der Waals surface area contributed by atoms with E-state index >= 15 is 0 Å². The van der Waals surface area contributed by atoms with Crippen LogP contribution in [0.4, 0.5) is 5.69 Å². The Hall–Kier alpha value is -2.20. The van der Waals surface area contributed by atoms with Crippen LogP contribution in [0.25, 0.3) is 0 Å². The molecule has 9 nitrogen and oxygen atoms in total. The van der Waals surface area contributed by atoms with Crippen molar-refractivity contribution in [1.82, 2.24) is 15.4 Å². The van der Waals surface area contributed by atoms with E-state index in [9.17, 15) is 18.5 Å². The van der Waals surface area contributed by atoms with Gasteiger partial charge in [0.05, 0.1) is 9.82 Å². The van der Waals surface area contributed by atoms with Crippen molar-refractivity contribution in [3.05, 3.63) is 34.4 Å². The Morgan fingerprint density at radius 1 is 1.24 bits per heavy atom. The first-order chi connectivity index (χ1) is 11.8. The van der Waals surface area contributed by atoms with Crippen LogP contribution < -0.4 is 15.4 Å². The second-order valence-electron chi connectivity index (χ2n) is 5.76. The first-order valence-corrected chi connectivity index (χ1v) is 9.43. The standard InChI is InChI=1S/C15H25N5O4S/c1-12(2)7-8-17-15(16-3)18-9-10-19-25(23,24)14-6-4-5-13(11-14)20(21)22/h4-6,11-12,19H,7-10H2,1-3H3,(H2,16,17,18). The molecule has 0 unspecified atom stereocenters. The Balaban J connectivity index is 2.49. The zero-order valence-corrected chi connectivity index (χ0v) is 15.5. The molecular weight excluding hydrogens is 346 g/mol. The summed E-state index contributed by atoms with van der Waals surface area (Å²) in [5.74, 6) is 1.17. The quantitative estimate of drug-likeness (QED) is 0.196. The summed E-state index contributed by atoms with van der Waals surface area (Å²) in [6.45, 7) is 5.48.